The summed E-state index contributed by atoms with van der Waals surface area (Å²) in [5, 5.41) is 6.05. The Kier molecular flexibility index (Phi) is 5.50. The second kappa shape index (κ2) is 6.68. The quantitative estimate of drug-likeness (QED) is 0.774. The lowest BCUT2D eigenvalue weighted by atomic mass is 9.92. The molecule has 1 aromatic rings. The van der Waals surface area contributed by atoms with Gasteiger partial charge in [-0.3, -0.25) is 4.79 Å². The van der Waals surface area contributed by atoms with Gasteiger partial charge in [0.1, 0.15) is 17.6 Å². The third kappa shape index (κ3) is 4.65. The number of amides is 1. The lowest BCUT2D eigenvalue weighted by Crippen LogP contribution is -2.39. The second-order valence-electron chi connectivity index (χ2n) is 4.74. The van der Waals surface area contributed by atoms with Gasteiger partial charge in [0, 0.05) is 26.8 Å². The van der Waals surface area contributed by atoms with Crippen LogP contribution in [-0.2, 0) is 16.1 Å². The molecule has 1 heterocycles. The number of methoxy groups -OCH3 is 1. The maximum absolute atomic E-state index is 11.7. The van der Waals surface area contributed by atoms with Crippen molar-refractivity contribution in [3.8, 4) is 0 Å². The van der Waals surface area contributed by atoms with E-state index in [0.717, 1.165) is 0 Å². The molecule has 0 aliphatic carbocycles. The Hall–Kier alpha value is -1.40. The third-order valence-corrected chi connectivity index (χ3v) is 2.76. The lowest BCUT2D eigenvalue weighted by molar-refractivity contribution is -0.128. The highest BCUT2D eigenvalue weighted by molar-refractivity contribution is 6.29. The molecule has 0 fully saturated rings. The number of nitrogens with zero attached hydrogens (tertiary/aromatic N) is 2. The first-order valence-electron chi connectivity index (χ1n) is 5.87. The van der Waals surface area contributed by atoms with E-state index in [2.05, 4.69) is 20.6 Å². The van der Waals surface area contributed by atoms with Gasteiger partial charge in [-0.05, 0) is 13.8 Å². The van der Waals surface area contributed by atoms with Crippen LogP contribution in [0.2, 0.25) is 5.15 Å². The van der Waals surface area contributed by atoms with Crippen molar-refractivity contribution in [1.29, 1.82) is 0 Å². The topological polar surface area (TPSA) is 76.1 Å². The van der Waals surface area contributed by atoms with E-state index in [-0.39, 0.29) is 12.5 Å². The van der Waals surface area contributed by atoms with E-state index in [9.17, 15) is 4.79 Å². The summed E-state index contributed by atoms with van der Waals surface area (Å²) in [5.74, 6) is 1.02. The second-order valence-corrected chi connectivity index (χ2v) is 5.13. The summed E-state index contributed by atoms with van der Waals surface area (Å²) in [6.07, 6.45) is 0. The van der Waals surface area contributed by atoms with E-state index in [1.54, 1.807) is 20.2 Å². The molecular formula is C12H19ClN4O2. The average Bonchev–Trinajstić information content (AvgIpc) is 2.35. The van der Waals surface area contributed by atoms with Gasteiger partial charge >= 0.3 is 0 Å². The van der Waals surface area contributed by atoms with Gasteiger partial charge in [-0.2, -0.15) is 0 Å². The fourth-order valence-electron chi connectivity index (χ4n) is 1.48. The van der Waals surface area contributed by atoms with Crippen molar-refractivity contribution >= 4 is 23.3 Å². The van der Waals surface area contributed by atoms with Crippen molar-refractivity contribution < 1.29 is 9.53 Å². The molecule has 2 N–H and O–H groups in total. The zero-order chi connectivity index (χ0) is 14.5. The third-order valence-electron chi connectivity index (χ3n) is 2.57. The maximum Gasteiger partial charge on any atom is 0.227 e. The molecule has 1 aromatic heterocycles. The van der Waals surface area contributed by atoms with Gasteiger partial charge in [0.2, 0.25) is 5.91 Å². The molecule has 0 aliphatic heterocycles. The molecule has 0 saturated heterocycles. The molecule has 6 nitrogen and oxygen atoms in total. The summed E-state index contributed by atoms with van der Waals surface area (Å²) in [6, 6.07) is 1.61. The summed E-state index contributed by atoms with van der Waals surface area (Å²) < 4.78 is 4.96. The summed E-state index contributed by atoms with van der Waals surface area (Å²) in [6.45, 7) is 4.41. The van der Waals surface area contributed by atoms with Crippen LogP contribution in [0.15, 0.2) is 6.07 Å². The Morgan fingerprint density at radius 2 is 2.16 bits per heavy atom. The molecule has 0 bridgehead atoms. The normalized spacial score (nSPS) is 11.2. The van der Waals surface area contributed by atoms with E-state index in [4.69, 9.17) is 16.3 Å². The minimum Gasteiger partial charge on any atom is -0.377 e. The minimum atomic E-state index is -0.548. The fourth-order valence-corrected chi connectivity index (χ4v) is 1.68. The number of halogens is 1. The van der Waals surface area contributed by atoms with Crippen molar-refractivity contribution in [3.63, 3.8) is 0 Å². The van der Waals surface area contributed by atoms with E-state index in [0.29, 0.717) is 23.3 Å². The van der Waals surface area contributed by atoms with Crippen LogP contribution in [0.1, 0.15) is 19.7 Å². The van der Waals surface area contributed by atoms with Crippen LogP contribution in [0, 0.1) is 5.41 Å². The standard InChI is InChI=1S/C12H19ClN4O2/c1-12(2,11(18)14-3)7-15-9-5-8(13)16-10(17-9)6-19-4/h5H,6-7H2,1-4H3,(H,14,18)(H,15,16,17). The molecule has 1 rings (SSSR count). The molecule has 0 spiro atoms. The fraction of sp³-hybridized carbons (Fsp3) is 0.583. The van der Waals surface area contributed by atoms with E-state index >= 15 is 0 Å². The molecule has 0 radical (unpaired) electrons. The Balaban J connectivity index is 2.74. The molecule has 0 unspecified atom stereocenters. The lowest BCUT2D eigenvalue weighted by Gasteiger charge is -2.23. The summed E-state index contributed by atoms with van der Waals surface area (Å²) in [7, 11) is 3.17. The first-order chi connectivity index (χ1) is 8.89. The van der Waals surface area contributed by atoms with Gasteiger partial charge < -0.3 is 15.4 Å². The predicted octanol–water partition coefficient (Wildman–Crippen LogP) is 1.46. The van der Waals surface area contributed by atoms with E-state index in [1.165, 1.54) is 0 Å². The Labute approximate surface area is 117 Å². The van der Waals surface area contributed by atoms with Crippen molar-refractivity contribution in [2.24, 2.45) is 5.41 Å². The van der Waals surface area contributed by atoms with Gasteiger partial charge in [0.05, 0.1) is 5.41 Å². The van der Waals surface area contributed by atoms with Crippen molar-refractivity contribution in [2.45, 2.75) is 20.5 Å². The number of nitrogens with one attached hydrogen (secondary N) is 2. The Morgan fingerprint density at radius 1 is 1.47 bits per heavy atom. The van der Waals surface area contributed by atoms with Crippen molar-refractivity contribution in [2.75, 3.05) is 26.0 Å². The highest BCUT2D eigenvalue weighted by Gasteiger charge is 2.26. The van der Waals surface area contributed by atoms with Crippen LogP contribution >= 0.6 is 11.6 Å². The Morgan fingerprint density at radius 3 is 2.74 bits per heavy atom. The average molecular weight is 287 g/mol. The first-order valence-corrected chi connectivity index (χ1v) is 6.25. The zero-order valence-electron chi connectivity index (χ0n) is 11.6. The van der Waals surface area contributed by atoms with Gasteiger partial charge in [0.25, 0.3) is 0 Å². The number of aromatic nitrogens is 2. The van der Waals surface area contributed by atoms with Crippen LogP contribution in [0.25, 0.3) is 0 Å². The number of carbonyl (C=O) groups excluding carboxylic acids is 1. The summed E-state index contributed by atoms with van der Waals surface area (Å²) in [4.78, 5) is 19.9. The van der Waals surface area contributed by atoms with Crippen LogP contribution < -0.4 is 10.6 Å². The minimum absolute atomic E-state index is 0.0442. The monoisotopic (exact) mass is 286 g/mol. The molecule has 0 saturated carbocycles. The highest BCUT2D eigenvalue weighted by atomic mass is 35.5. The predicted molar refractivity (Wildman–Crippen MR) is 74.1 cm³/mol. The molecule has 106 valence electrons. The molecule has 0 aliphatic rings. The van der Waals surface area contributed by atoms with Gasteiger partial charge in [-0.1, -0.05) is 11.6 Å². The number of anilines is 1. The number of hydrogen-bond acceptors (Lipinski definition) is 5. The largest absolute Gasteiger partial charge is 0.377 e. The maximum atomic E-state index is 11.7. The summed E-state index contributed by atoms with van der Waals surface area (Å²) >= 11 is 5.90. The number of ether oxygens (including phenoxy) is 1. The number of rotatable bonds is 6. The van der Waals surface area contributed by atoms with Gasteiger partial charge in [0.15, 0.2) is 5.82 Å². The van der Waals surface area contributed by atoms with E-state index in [1.807, 2.05) is 13.8 Å². The van der Waals surface area contributed by atoms with Crippen LogP contribution in [-0.4, -0.2) is 36.6 Å². The molecular weight excluding hydrogens is 268 g/mol. The van der Waals surface area contributed by atoms with Gasteiger partial charge in [-0.25, -0.2) is 9.97 Å². The molecule has 19 heavy (non-hydrogen) atoms. The number of hydrogen-bond donors (Lipinski definition) is 2. The van der Waals surface area contributed by atoms with Crippen molar-refractivity contribution in [1.82, 2.24) is 15.3 Å². The molecule has 0 atom stereocenters. The van der Waals surface area contributed by atoms with Crippen LogP contribution in [0.5, 0.6) is 0 Å². The molecule has 0 aromatic carbocycles. The first kappa shape index (κ1) is 15.7. The Bertz CT molecular complexity index is 451. The SMILES string of the molecule is CNC(=O)C(C)(C)CNc1cc(Cl)nc(COC)n1. The molecule has 1 amide bonds. The van der Waals surface area contributed by atoms with Gasteiger partial charge in [-0.15, -0.1) is 0 Å². The zero-order valence-corrected chi connectivity index (χ0v) is 12.3. The molecule has 7 heteroatoms. The van der Waals surface area contributed by atoms with Crippen LogP contribution in [0.4, 0.5) is 5.82 Å². The highest BCUT2D eigenvalue weighted by Crippen LogP contribution is 2.18. The number of carbonyl (C=O) groups is 1. The van der Waals surface area contributed by atoms with E-state index < -0.39 is 5.41 Å². The van der Waals surface area contributed by atoms with Crippen molar-refractivity contribution in [3.05, 3.63) is 17.0 Å². The summed E-state index contributed by atoms with van der Waals surface area (Å²) in [5.41, 5.74) is -0.548. The van der Waals surface area contributed by atoms with Crippen LogP contribution in [0.3, 0.4) is 0 Å². The smallest absolute Gasteiger partial charge is 0.227 e.